The maximum Gasteiger partial charge on any atom is 0.257 e. The molecule has 0 bridgehead atoms. The van der Waals surface area contributed by atoms with Crippen molar-refractivity contribution in [3.8, 4) is 0 Å². The number of carbonyl (C=O) groups is 1. The van der Waals surface area contributed by atoms with Crippen LogP contribution in [0.1, 0.15) is 49.4 Å². The molecule has 0 aromatic carbocycles. The molecule has 0 radical (unpaired) electrons. The van der Waals surface area contributed by atoms with Gasteiger partial charge in [-0.3, -0.25) is 4.79 Å². The van der Waals surface area contributed by atoms with E-state index in [0.29, 0.717) is 17.9 Å². The zero-order valence-corrected chi connectivity index (χ0v) is 12.7. The Morgan fingerprint density at radius 2 is 2.19 bits per heavy atom. The Kier molecular flexibility index (Phi) is 5.99. The van der Waals surface area contributed by atoms with Crippen molar-refractivity contribution in [1.29, 1.82) is 0 Å². The lowest BCUT2D eigenvalue weighted by atomic mass is 9.93. The molecule has 1 fully saturated rings. The van der Waals surface area contributed by atoms with E-state index in [0.717, 1.165) is 32.2 Å². The number of hydrogen-bond acceptors (Lipinski definition) is 4. The van der Waals surface area contributed by atoms with E-state index in [4.69, 9.17) is 0 Å². The van der Waals surface area contributed by atoms with Gasteiger partial charge in [-0.2, -0.15) is 0 Å². The molecule has 5 heteroatoms. The predicted molar refractivity (Wildman–Crippen MR) is 83.4 cm³/mol. The van der Waals surface area contributed by atoms with Crippen molar-refractivity contribution in [1.82, 2.24) is 9.88 Å². The standard InChI is InChI=1S/C16H25N3O2/c1-2-17-15-14(9-6-10-18-15)16(21)19(11-12-20)13-7-4-3-5-8-13/h6,9-10,13,20H,2-5,7-8,11-12H2,1H3,(H,17,18). The highest BCUT2D eigenvalue weighted by Crippen LogP contribution is 2.25. The van der Waals surface area contributed by atoms with Gasteiger partial charge in [-0.1, -0.05) is 19.3 Å². The fourth-order valence-electron chi connectivity index (χ4n) is 2.99. The van der Waals surface area contributed by atoms with Crippen molar-refractivity contribution in [2.45, 2.75) is 45.1 Å². The summed E-state index contributed by atoms with van der Waals surface area (Å²) >= 11 is 0. The molecular formula is C16H25N3O2. The maximum atomic E-state index is 12.9. The van der Waals surface area contributed by atoms with Crippen LogP contribution in [0.25, 0.3) is 0 Å². The van der Waals surface area contributed by atoms with Crippen molar-refractivity contribution < 1.29 is 9.90 Å². The number of aromatic nitrogens is 1. The minimum absolute atomic E-state index is 0.000951. The van der Waals surface area contributed by atoms with E-state index in [1.54, 1.807) is 18.3 Å². The maximum absolute atomic E-state index is 12.9. The second-order valence-electron chi connectivity index (χ2n) is 5.44. The van der Waals surface area contributed by atoms with Crippen molar-refractivity contribution in [3.05, 3.63) is 23.9 Å². The molecule has 1 saturated carbocycles. The molecule has 1 aromatic heterocycles. The van der Waals surface area contributed by atoms with Crippen LogP contribution >= 0.6 is 0 Å². The molecule has 116 valence electrons. The van der Waals surface area contributed by atoms with Crippen LogP contribution in [0.3, 0.4) is 0 Å². The van der Waals surface area contributed by atoms with Crippen LogP contribution in [0.4, 0.5) is 5.82 Å². The van der Waals surface area contributed by atoms with Crippen LogP contribution in [-0.2, 0) is 0 Å². The summed E-state index contributed by atoms with van der Waals surface area (Å²) in [4.78, 5) is 19.0. The van der Waals surface area contributed by atoms with Crippen LogP contribution in [0, 0.1) is 0 Å². The molecule has 1 amide bonds. The number of carbonyl (C=O) groups excluding carboxylic acids is 1. The minimum atomic E-state index is -0.0278. The zero-order valence-electron chi connectivity index (χ0n) is 12.7. The molecule has 1 aliphatic carbocycles. The first-order chi connectivity index (χ1) is 10.3. The average molecular weight is 291 g/mol. The van der Waals surface area contributed by atoms with Gasteiger partial charge in [0.25, 0.3) is 5.91 Å². The third-order valence-corrected chi connectivity index (χ3v) is 4.00. The van der Waals surface area contributed by atoms with Gasteiger partial charge in [-0.05, 0) is 31.9 Å². The Hall–Kier alpha value is -1.62. The molecule has 0 unspecified atom stereocenters. The first-order valence-corrected chi connectivity index (χ1v) is 7.88. The lowest BCUT2D eigenvalue weighted by molar-refractivity contribution is 0.0586. The summed E-state index contributed by atoms with van der Waals surface area (Å²) in [5.41, 5.74) is 0.596. The van der Waals surface area contributed by atoms with Gasteiger partial charge in [-0.15, -0.1) is 0 Å². The zero-order chi connectivity index (χ0) is 15.1. The second-order valence-corrected chi connectivity index (χ2v) is 5.44. The molecule has 5 nitrogen and oxygen atoms in total. The Bertz CT molecular complexity index is 459. The van der Waals surface area contributed by atoms with E-state index in [9.17, 15) is 9.90 Å². The van der Waals surface area contributed by atoms with E-state index in [-0.39, 0.29) is 18.6 Å². The monoisotopic (exact) mass is 291 g/mol. The molecule has 2 rings (SSSR count). The smallest absolute Gasteiger partial charge is 0.257 e. The van der Waals surface area contributed by atoms with E-state index in [1.165, 1.54) is 6.42 Å². The summed E-state index contributed by atoms with van der Waals surface area (Å²) in [7, 11) is 0. The number of nitrogens with one attached hydrogen (secondary N) is 1. The van der Waals surface area contributed by atoms with Crippen LogP contribution in [0.2, 0.25) is 0 Å². The summed E-state index contributed by atoms with van der Waals surface area (Å²) in [5, 5.41) is 12.4. The van der Waals surface area contributed by atoms with Crippen LogP contribution in [0.15, 0.2) is 18.3 Å². The largest absolute Gasteiger partial charge is 0.395 e. The lowest BCUT2D eigenvalue weighted by Crippen LogP contribution is -2.43. The van der Waals surface area contributed by atoms with Crippen LogP contribution < -0.4 is 5.32 Å². The normalized spacial score (nSPS) is 15.7. The Labute approximate surface area is 126 Å². The molecule has 21 heavy (non-hydrogen) atoms. The highest BCUT2D eigenvalue weighted by Gasteiger charge is 2.27. The minimum Gasteiger partial charge on any atom is -0.395 e. The first kappa shape index (κ1) is 15.8. The quantitative estimate of drug-likeness (QED) is 0.844. The molecule has 1 aliphatic rings. The number of amides is 1. The Balaban J connectivity index is 2.21. The van der Waals surface area contributed by atoms with Crippen LogP contribution in [0.5, 0.6) is 0 Å². The molecule has 0 aliphatic heterocycles. The number of nitrogens with zero attached hydrogens (tertiary/aromatic N) is 2. The summed E-state index contributed by atoms with van der Waals surface area (Å²) < 4.78 is 0. The number of anilines is 1. The first-order valence-electron chi connectivity index (χ1n) is 7.88. The van der Waals surface area contributed by atoms with Gasteiger partial charge in [-0.25, -0.2) is 4.98 Å². The fraction of sp³-hybridized carbons (Fsp3) is 0.625. The van der Waals surface area contributed by atoms with Crippen molar-refractivity contribution in [3.63, 3.8) is 0 Å². The van der Waals surface area contributed by atoms with Gasteiger partial charge >= 0.3 is 0 Å². The van der Waals surface area contributed by atoms with E-state index < -0.39 is 0 Å². The molecule has 1 heterocycles. The SMILES string of the molecule is CCNc1ncccc1C(=O)N(CCO)C1CCCCC1. The number of rotatable bonds is 6. The topological polar surface area (TPSA) is 65.5 Å². The van der Waals surface area contributed by atoms with Gasteiger partial charge in [0.2, 0.25) is 0 Å². The van der Waals surface area contributed by atoms with Crippen molar-refractivity contribution in [2.75, 3.05) is 25.0 Å². The molecule has 0 spiro atoms. The Morgan fingerprint density at radius 3 is 2.86 bits per heavy atom. The molecule has 0 saturated heterocycles. The number of aliphatic hydroxyl groups excluding tert-OH is 1. The summed E-state index contributed by atoms with van der Waals surface area (Å²) in [6.07, 6.45) is 7.31. The average Bonchev–Trinajstić information content (AvgIpc) is 2.54. The van der Waals surface area contributed by atoms with Gasteiger partial charge in [0.15, 0.2) is 0 Å². The molecule has 0 atom stereocenters. The number of aliphatic hydroxyl groups is 1. The summed E-state index contributed by atoms with van der Waals surface area (Å²) in [6, 6.07) is 3.83. The van der Waals surface area contributed by atoms with Gasteiger partial charge in [0.1, 0.15) is 5.82 Å². The van der Waals surface area contributed by atoms with Gasteiger partial charge in [0.05, 0.1) is 12.2 Å². The van der Waals surface area contributed by atoms with Gasteiger partial charge in [0, 0.05) is 25.3 Å². The highest BCUT2D eigenvalue weighted by atomic mass is 16.3. The van der Waals surface area contributed by atoms with E-state index >= 15 is 0 Å². The van der Waals surface area contributed by atoms with Gasteiger partial charge < -0.3 is 15.3 Å². The predicted octanol–water partition coefficient (Wildman–Crippen LogP) is 2.28. The molecular weight excluding hydrogens is 266 g/mol. The van der Waals surface area contributed by atoms with Crippen molar-refractivity contribution in [2.24, 2.45) is 0 Å². The molecule has 1 aromatic rings. The number of hydrogen-bond donors (Lipinski definition) is 2. The number of pyridine rings is 1. The summed E-state index contributed by atoms with van der Waals surface area (Å²) in [6.45, 7) is 3.10. The third kappa shape index (κ3) is 3.94. The lowest BCUT2D eigenvalue weighted by Gasteiger charge is -2.34. The second kappa shape index (κ2) is 7.98. The van der Waals surface area contributed by atoms with E-state index in [1.807, 2.05) is 11.8 Å². The van der Waals surface area contributed by atoms with Crippen LogP contribution in [-0.4, -0.2) is 46.6 Å². The fourth-order valence-corrected chi connectivity index (χ4v) is 2.99. The van der Waals surface area contributed by atoms with E-state index in [2.05, 4.69) is 10.3 Å². The molecule has 2 N–H and O–H groups in total. The van der Waals surface area contributed by atoms with Crippen molar-refractivity contribution >= 4 is 11.7 Å². The Morgan fingerprint density at radius 1 is 1.43 bits per heavy atom. The summed E-state index contributed by atoms with van der Waals surface area (Å²) in [5.74, 6) is 0.601. The third-order valence-electron chi connectivity index (χ3n) is 4.00. The highest BCUT2D eigenvalue weighted by molar-refractivity contribution is 5.98.